The second kappa shape index (κ2) is 15.6. The number of aliphatic imine (C=N–C) groups is 1. The number of amides is 2. The van der Waals surface area contributed by atoms with Gasteiger partial charge in [0, 0.05) is 61.1 Å². The Kier molecular flexibility index (Phi) is 11.4. The number of nitrogens with zero attached hydrogens (tertiary/aromatic N) is 4. The van der Waals surface area contributed by atoms with Crippen LogP contribution in [0.5, 0.6) is 17.2 Å². The van der Waals surface area contributed by atoms with Gasteiger partial charge in [0.25, 0.3) is 0 Å². The number of carbonyl (C=O) groups is 2. The number of nitrogens with one attached hydrogen (secondary N) is 1. The third-order valence-corrected chi connectivity index (χ3v) is 7.48. The molecule has 0 bridgehead atoms. The van der Waals surface area contributed by atoms with E-state index in [0.717, 1.165) is 17.0 Å². The summed E-state index contributed by atoms with van der Waals surface area (Å²) in [4.78, 5) is 35.4. The van der Waals surface area contributed by atoms with Gasteiger partial charge in [-0.1, -0.05) is 30.9 Å². The van der Waals surface area contributed by atoms with Crippen molar-refractivity contribution in [2.24, 2.45) is 10.7 Å². The van der Waals surface area contributed by atoms with Crippen molar-refractivity contribution in [1.82, 2.24) is 4.90 Å². The minimum Gasteiger partial charge on any atom is -0.497 e. The molecule has 10 nitrogen and oxygen atoms in total. The van der Waals surface area contributed by atoms with Crippen LogP contribution >= 0.6 is 0 Å². The van der Waals surface area contributed by atoms with Crippen LogP contribution in [-0.2, 0) is 9.59 Å². The Hall–Kier alpha value is -5.35. The van der Waals surface area contributed by atoms with Crippen molar-refractivity contribution in [1.29, 1.82) is 0 Å². The summed E-state index contributed by atoms with van der Waals surface area (Å²) in [5.74, 6) is 1.78. The lowest BCUT2D eigenvalue weighted by Crippen LogP contribution is -2.38. The van der Waals surface area contributed by atoms with Crippen molar-refractivity contribution >= 4 is 35.2 Å². The first-order valence-corrected chi connectivity index (χ1v) is 15.0. The molecule has 0 atom stereocenters. The standard InChI is InChI=1S/C36H42N6O4/c1-7-38-36(35(26(3)37)41(5)33-18-17-31(20-25(33)2)46-30-12-9-8-10-13-30)42(24-43)29-21-27(22-32(23-29)45-6)39-34(44)14-11-19-40(4)28-15-16-28/h7-14,17-18,20-24,28H,1,15-16,19,37H2,2-6H3,(H,39,44)/b14-11+,35-26-,38-36?. The molecule has 0 heterocycles. The van der Waals surface area contributed by atoms with Gasteiger partial charge in [-0.2, -0.15) is 0 Å². The Morgan fingerprint density at radius 1 is 1.07 bits per heavy atom. The summed E-state index contributed by atoms with van der Waals surface area (Å²) >= 11 is 0. The van der Waals surface area contributed by atoms with E-state index in [1.54, 1.807) is 25.1 Å². The SMILES string of the molecule is C=CN=C(/C(=C(\C)N)N(C)c1ccc(Oc2ccccc2)cc1C)N(C=O)c1cc(NC(=O)/C=C/CN(C)C2CC2)cc(OC)c1. The Morgan fingerprint density at radius 2 is 1.80 bits per heavy atom. The fourth-order valence-electron chi connectivity index (χ4n) is 5.05. The predicted octanol–water partition coefficient (Wildman–Crippen LogP) is 6.22. The fraction of sp³-hybridized carbons (Fsp3) is 0.250. The molecule has 3 aromatic rings. The lowest BCUT2D eigenvalue weighted by atomic mass is 10.1. The van der Waals surface area contributed by atoms with Gasteiger partial charge in [0.15, 0.2) is 5.84 Å². The fourth-order valence-corrected chi connectivity index (χ4v) is 5.05. The number of benzene rings is 3. The van der Waals surface area contributed by atoms with Crippen molar-refractivity contribution < 1.29 is 19.1 Å². The zero-order valence-electron chi connectivity index (χ0n) is 27.1. The molecule has 240 valence electrons. The highest BCUT2D eigenvalue weighted by Crippen LogP contribution is 2.33. The van der Waals surface area contributed by atoms with Crippen LogP contribution in [0.4, 0.5) is 17.1 Å². The largest absolute Gasteiger partial charge is 0.497 e. The highest BCUT2D eigenvalue weighted by atomic mass is 16.5. The van der Waals surface area contributed by atoms with Gasteiger partial charge in [0.05, 0.1) is 12.8 Å². The predicted molar refractivity (Wildman–Crippen MR) is 186 cm³/mol. The van der Waals surface area contributed by atoms with Crippen molar-refractivity contribution in [2.45, 2.75) is 32.7 Å². The summed E-state index contributed by atoms with van der Waals surface area (Å²) < 4.78 is 11.5. The number of para-hydroxylation sites is 1. The number of aryl methyl sites for hydroxylation is 1. The van der Waals surface area contributed by atoms with Gasteiger partial charge in [-0.15, -0.1) is 0 Å². The first-order valence-electron chi connectivity index (χ1n) is 15.0. The van der Waals surface area contributed by atoms with E-state index in [4.69, 9.17) is 15.2 Å². The van der Waals surface area contributed by atoms with E-state index in [9.17, 15) is 9.59 Å². The number of amidine groups is 1. The maximum atomic E-state index is 12.8. The summed E-state index contributed by atoms with van der Waals surface area (Å²) in [6.07, 6.45) is 7.71. The normalized spacial score (nSPS) is 13.7. The Balaban J connectivity index is 1.62. The van der Waals surface area contributed by atoms with E-state index >= 15 is 0 Å². The van der Waals surface area contributed by atoms with Crippen LogP contribution in [0.3, 0.4) is 0 Å². The lowest BCUT2D eigenvalue weighted by Gasteiger charge is -2.30. The van der Waals surface area contributed by atoms with E-state index in [-0.39, 0.29) is 11.7 Å². The molecule has 3 N–H and O–H groups in total. The van der Waals surface area contributed by atoms with Crippen molar-refractivity contribution in [3.05, 3.63) is 109 Å². The molecule has 10 heteroatoms. The molecule has 4 rings (SSSR count). The van der Waals surface area contributed by atoms with Crippen molar-refractivity contribution in [3.63, 3.8) is 0 Å². The number of rotatable bonds is 14. The maximum Gasteiger partial charge on any atom is 0.248 e. The first kappa shape index (κ1) is 33.5. The molecule has 3 aromatic carbocycles. The molecule has 0 spiro atoms. The molecular formula is C36H42N6O4. The van der Waals surface area contributed by atoms with E-state index in [2.05, 4.69) is 21.8 Å². The minimum absolute atomic E-state index is 0.227. The van der Waals surface area contributed by atoms with Crippen molar-refractivity contribution in [3.8, 4) is 17.2 Å². The molecule has 1 saturated carbocycles. The van der Waals surface area contributed by atoms with Gasteiger partial charge in [-0.25, -0.2) is 4.99 Å². The number of ether oxygens (including phenoxy) is 2. The monoisotopic (exact) mass is 622 g/mol. The number of hydrogen-bond acceptors (Lipinski definition) is 8. The van der Waals surface area contributed by atoms with Gasteiger partial charge in [0.2, 0.25) is 12.3 Å². The number of allylic oxidation sites excluding steroid dienone is 1. The molecule has 1 fully saturated rings. The van der Waals surface area contributed by atoms with Crippen LogP contribution in [-0.4, -0.2) is 56.8 Å². The summed E-state index contributed by atoms with van der Waals surface area (Å²) in [5, 5.41) is 2.87. The van der Waals surface area contributed by atoms with Gasteiger partial charge in [-0.05, 0) is 75.7 Å². The summed E-state index contributed by atoms with van der Waals surface area (Å²) in [6, 6.07) is 20.9. The maximum absolute atomic E-state index is 12.8. The molecule has 0 aliphatic heterocycles. The lowest BCUT2D eigenvalue weighted by molar-refractivity contribution is -0.112. The van der Waals surface area contributed by atoms with Gasteiger partial charge in [-0.3, -0.25) is 19.4 Å². The van der Waals surface area contributed by atoms with Crippen LogP contribution in [0.15, 0.2) is 108 Å². The minimum atomic E-state index is -0.297. The van der Waals surface area contributed by atoms with Gasteiger partial charge in [0.1, 0.15) is 22.9 Å². The number of carbonyl (C=O) groups excluding carboxylic acids is 2. The van der Waals surface area contributed by atoms with Gasteiger partial charge >= 0.3 is 0 Å². The van der Waals surface area contributed by atoms with Crippen LogP contribution in [0.25, 0.3) is 0 Å². The topological polar surface area (TPSA) is 113 Å². The van der Waals surface area contributed by atoms with E-state index in [1.165, 1.54) is 37.1 Å². The van der Waals surface area contributed by atoms with E-state index < -0.39 is 0 Å². The third kappa shape index (κ3) is 8.64. The second-order valence-electron chi connectivity index (χ2n) is 11.0. The van der Waals surface area contributed by atoms with Gasteiger partial charge < -0.3 is 25.4 Å². The number of hydrogen-bond donors (Lipinski definition) is 2. The first-order chi connectivity index (χ1) is 22.1. The average molecular weight is 623 g/mol. The smallest absolute Gasteiger partial charge is 0.248 e. The van der Waals surface area contributed by atoms with Crippen LogP contribution in [0.1, 0.15) is 25.3 Å². The summed E-state index contributed by atoms with van der Waals surface area (Å²) in [6.45, 7) is 8.16. The highest BCUT2D eigenvalue weighted by molar-refractivity contribution is 6.20. The molecule has 0 aromatic heterocycles. The number of nitrogens with two attached hydrogens (primary N) is 1. The molecule has 0 saturated heterocycles. The number of likely N-dealkylation sites (N-methyl/N-ethyl adjacent to an activating group) is 2. The Bertz CT molecular complexity index is 1640. The molecule has 0 unspecified atom stereocenters. The molecular weight excluding hydrogens is 580 g/mol. The molecule has 1 aliphatic carbocycles. The highest BCUT2D eigenvalue weighted by Gasteiger charge is 2.26. The number of methoxy groups -OCH3 is 1. The Morgan fingerprint density at radius 3 is 2.41 bits per heavy atom. The average Bonchev–Trinajstić information content (AvgIpc) is 3.88. The molecule has 0 radical (unpaired) electrons. The number of anilines is 3. The zero-order chi connectivity index (χ0) is 33.2. The molecule has 1 aliphatic rings. The van der Waals surface area contributed by atoms with E-state index in [1.807, 2.05) is 80.5 Å². The van der Waals surface area contributed by atoms with E-state index in [0.29, 0.717) is 53.3 Å². The third-order valence-electron chi connectivity index (χ3n) is 7.48. The Labute approximate surface area is 271 Å². The second-order valence-corrected chi connectivity index (χ2v) is 11.0. The van der Waals surface area contributed by atoms with Crippen LogP contribution < -0.4 is 30.3 Å². The van der Waals surface area contributed by atoms with Crippen LogP contribution in [0.2, 0.25) is 0 Å². The summed E-state index contributed by atoms with van der Waals surface area (Å²) in [7, 11) is 5.40. The van der Waals surface area contributed by atoms with Crippen LogP contribution in [0, 0.1) is 6.92 Å². The summed E-state index contributed by atoms with van der Waals surface area (Å²) in [5.41, 5.74) is 9.93. The zero-order valence-corrected chi connectivity index (χ0v) is 27.1. The van der Waals surface area contributed by atoms with Crippen molar-refractivity contribution in [2.75, 3.05) is 42.9 Å². The molecule has 2 amide bonds. The quantitative estimate of drug-likeness (QED) is 0.0951. The molecule has 46 heavy (non-hydrogen) atoms.